The number of benzene rings is 2. The van der Waals surface area contributed by atoms with Crippen LogP contribution in [0.1, 0.15) is 22.9 Å². The maximum atomic E-state index is 13.8. The van der Waals surface area contributed by atoms with Crippen LogP contribution in [-0.2, 0) is 0 Å². The maximum absolute atomic E-state index is 13.8. The molecule has 1 unspecified atom stereocenters. The molecule has 0 amide bonds. The molecule has 0 fully saturated rings. The third-order valence-electron chi connectivity index (χ3n) is 5.37. The first-order valence-electron chi connectivity index (χ1n) is 10.4. The Kier molecular flexibility index (Phi) is 6.33. The van der Waals surface area contributed by atoms with Gasteiger partial charge < -0.3 is 10.6 Å². The monoisotopic (exact) mass is 522 g/mol. The summed E-state index contributed by atoms with van der Waals surface area (Å²) in [5.41, 5.74) is 2.90. The lowest BCUT2D eigenvalue weighted by molar-refractivity contribution is 0.480. The summed E-state index contributed by atoms with van der Waals surface area (Å²) in [6.45, 7) is 0. The maximum Gasteiger partial charge on any atom is 0.249 e. The topological polar surface area (TPSA) is 115 Å². The van der Waals surface area contributed by atoms with Crippen molar-refractivity contribution < 1.29 is 8.78 Å². The molecular formula is C24H14Cl2F2N8. The summed E-state index contributed by atoms with van der Waals surface area (Å²) in [5.74, 6) is -2.36. The van der Waals surface area contributed by atoms with E-state index >= 15 is 0 Å². The van der Waals surface area contributed by atoms with Gasteiger partial charge in [0.05, 0.1) is 45.9 Å². The Morgan fingerprint density at radius 1 is 0.972 bits per heavy atom. The molecule has 1 atom stereocenters. The van der Waals surface area contributed by atoms with Gasteiger partial charge >= 0.3 is 0 Å². The zero-order valence-corrected chi connectivity index (χ0v) is 19.6. The van der Waals surface area contributed by atoms with Gasteiger partial charge in [-0.3, -0.25) is 4.98 Å². The van der Waals surface area contributed by atoms with Gasteiger partial charge in [0, 0.05) is 28.4 Å². The minimum atomic E-state index is -1.23. The lowest BCUT2D eigenvalue weighted by Gasteiger charge is -2.20. The van der Waals surface area contributed by atoms with Crippen molar-refractivity contribution in [2.75, 3.05) is 10.6 Å². The number of aromatic amines is 1. The van der Waals surface area contributed by atoms with Crippen LogP contribution in [0.4, 0.5) is 25.8 Å². The smallest absolute Gasteiger partial charge is 0.249 e. The van der Waals surface area contributed by atoms with E-state index in [0.29, 0.717) is 38.0 Å². The summed E-state index contributed by atoms with van der Waals surface area (Å²) in [7, 11) is 0. The molecular weight excluding hydrogens is 509 g/mol. The Morgan fingerprint density at radius 2 is 1.81 bits per heavy atom. The Labute approximate surface area is 212 Å². The Morgan fingerprint density at radius 3 is 2.53 bits per heavy atom. The van der Waals surface area contributed by atoms with Gasteiger partial charge in [0.25, 0.3) is 0 Å². The van der Waals surface area contributed by atoms with E-state index in [2.05, 4.69) is 42.1 Å². The number of nitrogens with one attached hydrogen (secondary N) is 3. The molecule has 2 aromatic carbocycles. The quantitative estimate of drug-likeness (QED) is 0.229. The molecule has 36 heavy (non-hydrogen) atoms. The zero-order chi connectivity index (χ0) is 25.2. The van der Waals surface area contributed by atoms with Gasteiger partial charge in [0.1, 0.15) is 11.8 Å². The summed E-state index contributed by atoms with van der Waals surface area (Å²) in [4.78, 5) is 7.69. The molecule has 3 heterocycles. The second-order valence-electron chi connectivity index (χ2n) is 7.63. The van der Waals surface area contributed by atoms with Crippen LogP contribution in [-0.4, -0.2) is 25.4 Å². The van der Waals surface area contributed by atoms with E-state index in [1.54, 1.807) is 24.4 Å². The molecule has 12 heteroatoms. The first kappa shape index (κ1) is 23.4. The van der Waals surface area contributed by atoms with Gasteiger partial charge in [0.15, 0.2) is 5.82 Å². The Bertz CT molecular complexity index is 1620. The second-order valence-corrected chi connectivity index (χ2v) is 8.44. The third kappa shape index (κ3) is 4.49. The van der Waals surface area contributed by atoms with E-state index in [0.717, 1.165) is 17.8 Å². The number of fused-ring (bicyclic) bond motifs is 1. The molecule has 5 aromatic rings. The van der Waals surface area contributed by atoms with Crippen LogP contribution in [0.3, 0.4) is 0 Å². The van der Waals surface area contributed by atoms with Gasteiger partial charge in [-0.15, -0.1) is 0 Å². The van der Waals surface area contributed by atoms with Crippen LogP contribution >= 0.6 is 23.2 Å². The summed E-state index contributed by atoms with van der Waals surface area (Å²) in [6.07, 6.45) is 4.04. The van der Waals surface area contributed by atoms with E-state index in [4.69, 9.17) is 23.2 Å². The van der Waals surface area contributed by atoms with E-state index in [1.165, 1.54) is 6.20 Å². The van der Waals surface area contributed by atoms with Crippen molar-refractivity contribution in [2.24, 2.45) is 0 Å². The molecule has 0 spiro atoms. The van der Waals surface area contributed by atoms with Crippen molar-refractivity contribution in [1.29, 1.82) is 5.26 Å². The molecule has 3 N–H and O–H groups in total. The summed E-state index contributed by atoms with van der Waals surface area (Å²) in [6, 6.07) is 13.2. The van der Waals surface area contributed by atoms with E-state index < -0.39 is 17.8 Å². The number of anilines is 3. The lowest BCUT2D eigenvalue weighted by Crippen LogP contribution is -2.13. The zero-order valence-electron chi connectivity index (χ0n) is 18.1. The molecule has 0 saturated heterocycles. The molecule has 0 saturated carbocycles. The van der Waals surface area contributed by atoms with Crippen LogP contribution in [0.2, 0.25) is 10.0 Å². The number of hydrogen-bond donors (Lipinski definition) is 3. The van der Waals surface area contributed by atoms with Crippen LogP contribution in [0.25, 0.3) is 10.9 Å². The molecule has 0 radical (unpaired) electrons. The fraction of sp³-hybridized carbons (Fsp3) is 0.0417. The first-order chi connectivity index (χ1) is 17.4. The predicted octanol–water partition coefficient (Wildman–Crippen LogP) is 6.15. The molecule has 3 aromatic heterocycles. The Balaban J connectivity index is 1.63. The van der Waals surface area contributed by atoms with E-state index in [1.807, 2.05) is 18.2 Å². The summed E-state index contributed by atoms with van der Waals surface area (Å²) < 4.78 is 27.1. The first-order valence-corrected chi connectivity index (χ1v) is 11.2. The number of nitrogens with zero attached hydrogens (tertiary/aromatic N) is 5. The highest BCUT2D eigenvalue weighted by molar-refractivity contribution is 6.36. The number of nitriles is 1. The summed E-state index contributed by atoms with van der Waals surface area (Å²) in [5, 5.41) is 28.0. The van der Waals surface area contributed by atoms with Crippen molar-refractivity contribution in [3.05, 3.63) is 99.7 Å². The number of hydrogen-bond acceptors (Lipinski definition) is 7. The highest BCUT2D eigenvalue weighted by atomic mass is 35.5. The largest absolute Gasteiger partial charge is 0.373 e. The van der Waals surface area contributed by atoms with Crippen molar-refractivity contribution in [1.82, 2.24) is 25.4 Å². The normalized spacial score (nSPS) is 11.8. The number of H-pyrrole nitrogens is 1. The van der Waals surface area contributed by atoms with Gasteiger partial charge in [-0.2, -0.15) is 25.1 Å². The van der Waals surface area contributed by atoms with Crippen molar-refractivity contribution >= 4 is 51.2 Å². The van der Waals surface area contributed by atoms with Crippen LogP contribution in [0, 0.1) is 23.1 Å². The summed E-state index contributed by atoms with van der Waals surface area (Å²) >= 11 is 13.0. The molecule has 0 bridgehead atoms. The van der Waals surface area contributed by atoms with Crippen LogP contribution in [0.5, 0.6) is 0 Å². The van der Waals surface area contributed by atoms with Crippen molar-refractivity contribution in [2.45, 2.75) is 6.04 Å². The third-order valence-corrected chi connectivity index (χ3v) is 6.00. The van der Waals surface area contributed by atoms with Gasteiger partial charge in [-0.05, 0) is 23.8 Å². The van der Waals surface area contributed by atoms with Crippen LogP contribution in [0.15, 0.2) is 61.1 Å². The fourth-order valence-corrected chi connectivity index (χ4v) is 4.25. The standard InChI is InChI=1S/C24H14Cl2F2N8/c25-17-4-2-1-3-15(17)23(20-11-32-36-35-20)33-13-5-16-21(34-14-7-19(27)24(28)31-10-14)12(8-29)9-30-22(16)18(26)6-13/h1-7,9-11,23,33H,(H,30,34)(H,32,35,36). The number of halogens is 4. The Hall–Kier alpha value is -4.33. The molecule has 0 aliphatic heterocycles. The van der Waals surface area contributed by atoms with Gasteiger partial charge in [-0.1, -0.05) is 41.4 Å². The molecule has 0 aliphatic rings. The van der Waals surface area contributed by atoms with Crippen LogP contribution < -0.4 is 10.6 Å². The molecule has 178 valence electrons. The number of rotatable bonds is 6. The molecule has 5 rings (SSSR count). The van der Waals surface area contributed by atoms with E-state index in [-0.39, 0.29) is 11.3 Å². The second kappa shape index (κ2) is 9.73. The highest BCUT2D eigenvalue weighted by Crippen LogP contribution is 2.37. The minimum Gasteiger partial charge on any atom is -0.373 e. The molecule has 0 aliphatic carbocycles. The average molecular weight is 523 g/mol. The minimum absolute atomic E-state index is 0.143. The van der Waals surface area contributed by atoms with Gasteiger partial charge in [-0.25, -0.2) is 9.37 Å². The van der Waals surface area contributed by atoms with Gasteiger partial charge in [0.2, 0.25) is 5.95 Å². The fourth-order valence-electron chi connectivity index (χ4n) is 3.73. The van der Waals surface area contributed by atoms with E-state index in [9.17, 15) is 14.0 Å². The average Bonchev–Trinajstić information content (AvgIpc) is 3.40. The highest BCUT2D eigenvalue weighted by Gasteiger charge is 2.21. The van der Waals surface area contributed by atoms with Crippen molar-refractivity contribution in [3.63, 3.8) is 0 Å². The number of aromatic nitrogens is 5. The molecule has 8 nitrogen and oxygen atoms in total. The predicted molar refractivity (Wildman–Crippen MR) is 132 cm³/mol. The van der Waals surface area contributed by atoms with Crippen molar-refractivity contribution in [3.8, 4) is 6.07 Å². The lowest BCUT2D eigenvalue weighted by atomic mass is 10.0. The SMILES string of the molecule is N#Cc1cnc2c(Cl)cc(NC(c3cn[nH]n3)c3ccccc3Cl)cc2c1Nc1cnc(F)c(F)c1. The number of pyridine rings is 2.